The molecule has 1 amide bonds. The maximum atomic E-state index is 13.2. The van der Waals surface area contributed by atoms with E-state index in [2.05, 4.69) is 17.5 Å². The second kappa shape index (κ2) is 6.82. The number of nitrogens with zero attached hydrogens (tertiary/aromatic N) is 2. The first-order valence-electron chi connectivity index (χ1n) is 8.89. The molecule has 4 nitrogen and oxygen atoms in total. The molecule has 0 N–H and O–H groups in total. The number of rotatable bonds is 3. The number of hydrogen-bond acceptors (Lipinski definition) is 4. The number of carbonyl (C=O) groups excluding carboxylic acids is 2. The number of ketones is 1. The topological polar surface area (TPSA) is 40.6 Å². The molecule has 5 heteroatoms. The number of thiophene rings is 1. The van der Waals surface area contributed by atoms with Gasteiger partial charge >= 0.3 is 0 Å². The molecule has 1 aromatic heterocycles. The fourth-order valence-corrected chi connectivity index (χ4v) is 4.92. The smallest absolute Gasteiger partial charge is 0.242 e. The summed E-state index contributed by atoms with van der Waals surface area (Å²) in [6.07, 6.45) is 1.59. The quantitative estimate of drug-likeness (QED) is 0.826. The van der Waals surface area contributed by atoms with Crippen molar-refractivity contribution in [3.8, 4) is 0 Å². The molecule has 0 bridgehead atoms. The summed E-state index contributed by atoms with van der Waals surface area (Å²) in [7, 11) is 3.73. The number of allylic oxidation sites excluding steroid dienone is 2. The number of carbonyl (C=O) groups is 2. The Morgan fingerprint density at radius 2 is 1.77 bits per heavy atom. The molecule has 0 spiro atoms. The minimum absolute atomic E-state index is 0.0615. The van der Waals surface area contributed by atoms with Crippen molar-refractivity contribution in [1.29, 1.82) is 0 Å². The van der Waals surface area contributed by atoms with E-state index in [9.17, 15) is 9.59 Å². The highest BCUT2D eigenvalue weighted by Gasteiger charge is 2.42. The maximum Gasteiger partial charge on any atom is 0.242 e. The molecule has 1 aliphatic heterocycles. The van der Waals surface area contributed by atoms with Crippen molar-refractivity contribution < 1.29 is 9.59 Å². The number of benzene rings is 1. The molecular formula is C21H22N2O2S. The van der Waals surface area contributed by atoms with Gasteiger partial charge in [0, 0.05) is 44.1 Å². The molecular weight excluding hydrogens is 344 g/mol. The van der Waals surface area contributed by atoms with Crippen LogP contribution in [-0.4, -0.2) is 35.8 Å². The summed E-state index contributed by atoms with van der Waals surface area (Å²) in [4.78, 5) is 26.1. The van der Waals surface area contributed by atoms with Gasteiger partial charge in [0.1, 0.15) is 0 Å². The second-order valence-corrected chi connectivity index (χ2v) is 7.95. The summed E-state index contributed by atoms with van der Waals surface area (Å²) >= 11 is 1.61. The molecule has 0 saturated carbocycles. The minimum Gasteiger partial charge on any atom is -0.294 e. The summed E-state index contributed by atoms with van der Waals surface area (Å²) in [6.45, 7) is 0. The van der Waals surface area contributed by atoms with Gasteiger partial charge in [0.2, 0.25) is 5.91 Å². The predicted molar refractivity (Wildman–Crippen MR) is 103 cm³/mol. The zero-order chi connectivity index (χ0) is 18.3. The van der Waals surface area contributed by atoms with Gasteiger partial charge < -0.3 is 0 Å². The Morgan fingerprint density at radius 1 is 1.00 bits per heavy atom. The highest BCUT2D eigenvalue weighted by molar-refractivity contribution is 7.08. The minimum atomic E-state index is -0.107. The summed E-state index contributed by atoms with van der Waals surface area (Å²) in [5, 5.41) is 7.59. The lowest BCUT2D eigenvalue weighted by atomic mass is 9.73. The summed E-state index contributed by atoms with van der Waals surface area (Å²) in [5.74, 6) is 0.255. The van der Waals surface area contributed by atoms with Gasteiger partial charge in [-0.1, -0.05) is 30.3 Å². The van der Waals surface area contributed by atoms with Gasteiger partial charge in [-0.15, -0.1) is 0 Å². The van der Waals surface area contributed by atoms with Crippen molar-refractivity contribution in [2.24, 2.45) is 0 Å². The molecule has 2 aliphatic rings. The fraction of sp³-hybridized carbons (Fsp3) is 0.333. The lowest BCUT2D eigenvalue weighted by Crippen LogP contribution is -2.47. The molecule has 26 heavy (non-hydrogen) atoms. The van der Waals surface area contributed by atoms with Crippen molar-refractivity contribution in [3.63, 3.8) is 0 Å². The molecule has 2 heterocycles. The van der Waals surface area contributed by atoms with E-state index in [1.807, 2.05) is 48.7 Å². The van der Waals surface area contributed by atoms with Crippen LogP contribution in [0.3, 0.4) is 0 Å². The van der Waals surface area contributed by atoms with E-state index in [0.29, 0.717) is 12.8 Å². The second-order valence-electron chi connectivity index (χ2n) is 7.17. The molecule has 134 valence electrons. The molecule has 0 fully saturated rings. The normalized spacial score (nSPS) is 23.6. The number of Topliss-reactive ketones (excluding diaryl/α,β-unsaturated/α-hetero) is 1. The van der Waals surface area contributed by atoms with E-state index in [0.717, 1.165) is 28.8 Å². The van der Waals surface area contributed by atoms with Crippen LogP contribution in [0.15, 0.2) is 58.4 Å². The van der Waals surface area contributed by atoms with Crippen molar-refractivity contribution in [3.05, 3.63) is 69.6 Å². The predicted octanol–water partition coefficient (Wildman–Crippen LogP) is 3.94. The number of amides is 1. The van der Waals surface area contributed by atoms with E-state index in [-0.39, 0.29) is 23.5 Å². The first-order valence-corrected chi connectivity index (χ1v) is 9.84. The average Bonchev–Trinajstić information content (AvgIpc) is 3.15. The maximum absolute atomic E-state index is 13.2. The Kier molecular flexibility index (Phi) is 4.51. The zero-order valence-electron chi connectivity index (χ0n) is 15.0. The molecule has 1 aliphatic carbocycles. The number of hydrazine groups is 1. The van der Waals surface area contributed by atoms with E-state index >= 15 is 0 Å². The van der Waals surface area contributed by atoms with Crippen LogP contribution >= 0.6 is 11.3 Å². The van der Waals surface area contributed by atoms with Crippen molar-refractivity contribution in [2.75, 3.05) is 14.1 Å². The van der Waals surface area contributed by atoms with Crippen molar-refractivity contribution >= 4 is 23.0 Å². The number of hydrogen-bond donors (Lipinski definition) is 0. The van der Waals surface area contributed by atoms with Crippen LogP contribution in [0.1, 0.15) is 42.2 Å². The molecule has 2 unspecified atom stereocenters. The van der Waals surface area contributed by atoms with E-state index in [4.69, 9.17) is 0 Å². The SMILES string of the molecule is CN(C)N1C(=O)CC(c2ccsc2)C2=C1CC(c1ccccc1)CC2=O. The Bertz CT molecular complexity index is 855. The molecule has 2 aromatic rings. The standard InChI is InChI=1S/C21H22N2O2S/c1-22(2)23-18-10-16(14-6-4-3-5-7-14)11-19(24)21(18)17(12-20(23)25)15-8-9-26-13-15/h3-9,13,16-17H,10-12H2,1-2H3. The molecule has 4 rings (SSSR count). The van der Waals surface area contributed by atoms with Gasteiger partial charge in [0.05, 0.1) is 0 Å². The summed E-state index contributed by atoms with van der Waals surface area (Å²) < 4.78 is 0. The van der Waals surface area contributed by atoms with Crippen LogP contribution in [-0.2, 0) is 9.59 Å². The van der Waals surface area contributed by atoms with Crippen LogP contribution in [0.25, 0.3) is 0 Å². The third-order valence-electron chi connectivity index (χ3n) is 5.32. The fourth-order valence-electron chi connectivity index (χ4n) is 4.20. The monoisotopic (exact) mass is 366 g/mol. The van der Waals surface area contributed by atoms with Gasteiger partial charge in [0.25, 0.3) is 0 Å². The summed E-state index contributed by atoms with van der Waals surface area (Å²) in [5.41, 5.74) is 3.97. The van der Waals surface area contributed by atoms with Crippen LogP contribution in [0.2, 0.25) is 0 Å². The summed E-state index contributed by atoms with van der Waals surface area (Å²) in [6, 6.07) is 12.2. The van der Waals surface area contributed by atoms with Crippen LogP contribution in [0.4, 0.5) is 0 Å². The lowest BCUT2D eigenvalue weighted by Gasteiger charge is -2.42. The molecule has 2 atom stereocenters. The zero-order valence-corrected chi connectivity index (χ0v) is 15.8. The third-order valence-corrected chi connectivity index (χ3v) is 6.02. The highest BCUT2D eigenvalue weighted by Crippen LogP contribution is 2.46. The van der Waals surface area contributed by atoms with E-state index in [1.54, 1.807) is 16.3 Å². The van der Waals surface area contributed by atoms with Gasteiger partial charge in [0.15, 0.2) is 5.78 Å². The Hall–Kier alpha value is -2.24. The van der Waals surface area contributed by atoms with Crippen LogP contribution in [0, 0.1) is 0 Å². The van der Waals surface area contributed by atoms with Crippen molar-refractivity contribution in [2.45, 2.75) is 31.1 Å². The Labute approximate surface area is 157 Å². The molecule has 0 saturated heterocycles. The van der Waals surface area contributed by atoms with Crippen LogP contribution < -0.4 is 0 Å². The first kappa shape index (κ1) is 17.2. The van der Waals surface area contributed by atoms with Gasteiger partial charge in [-0.2, -0.15) is 11.3 Å². The van der Waals surface area contributed by atoms with Gasteiger partial charge in [-0.05, 0) is 40.3 Å². The Morgan fingerprint density at radius 3 is 2.42 bits per heavy atom. The van der Waals surface area contributed by atoms with E-state index in [1.165, 1.54) is 0 Å². The van der Waals surface area contributed by atoms with Crippen molar-refractivity contribution in [1.82, 2.24) is 10.0 Å². The third kappa shape index (κ3) is 2.91. The Balaban J connectivity index is 1.80. The van der Waals surface area contributed by atoms with E-state index < -0.39 is 0 Å². The first-order chi connectivity index (χ1) is 12.6. The molecule has 1 aromatic carbocycles. The van der Waals surface area contributed by atoms with Gasteiger partial charge in [-0.3, -0.25) is 9.59 Å². The average molecular weight is 366 g/mol. The lowest BCUT2D eigenvalue weighted by molar-refractivity contribution is -0.143. The van der Waals surface area contributed by atoms with Crippen LogP contribution in [0.5, 0.6) is 0 Å². The molecule has 0 radical (unpaired) electrons. The largest absolute Gasteiger partial charge is 0.294 e. The van der Waals surface area contributed by atoms with Gasteiger partial charge in [-0.25, -0.2) is 10.0 Å². The highest BCUT2D eigenvalue weighted by atomic mass is 32.1.